The summed E-state index contributed by atoms with van der Waals surface area (Å²) in [6.07, 6.45) is 0. The molecule has 0 bridgehead atoms. The van der Waals surface area contributed by atoms with Crippen molar-refractivity contribution in [3.8, 4) is 17.2 Å². The van der Waals surface area contributed by atoms with E-state index in [-0.39, 0.29) is 6.79 Å². The smallest absolute Gasteiger partial charge is 0.231 e. The van der Waals surface area contributed by atoms with E-state index in [1.54, 1.807) is 0 Å². The van der Waals surface area contributed by atoms with E-state index >= 15 is 0 Å². The maximum Gasteiger partial charge on any atom is 0.231 e. The molecule has 2 aromatic rings. The van der Waals surface area contributed by atoms with Crippen LogP contribution in [0, 0.1) is 0 Å². The van der Waals surface area contributed by atoms with Crippen LogP contribution in [0.15, 0.2) is 42.5 Å². The van der Waals surface area contributed by atoms with Crippen molar-refractivity contribution in [3.63, 3.8) is 0 Å². The maximum atomic E-state index is 5.92. The average molecular weight is 321 g/mol. The van der Waals surface area contributed by atoms with Gasteiger partial charge in [0.15, 0.2) is 11.5 Å². The summed E-state index contributed by atoms with van der Waals surface area (Å²) in [4.78, 5) is 0. The summed E-state index contributed by atoms with van der Waals surface area (Å²) in [6.45, 7) is 0.767. The molecular formula is C15H13BrO3. The van der Waals surface area contributed by atoms with E-state index in [4.69, 9.17) is 14.2 Å². The van der Waals surface area contributed by atoms with Crippen LogP contribution in [0.25, 0.3) is 0 Å². The Balaban J connectivity index is 1.85. The molecule has 0 saturated heterocycles. The molecule has 1 heterocycles. The first-order chi connectivity index (χ1) is 9.38. The summed E-state index contributed by atoms with van der Waals surface area (Å²) >= 11 is 3.47. The highest BCUT2D eigenvalue weighted by Crippen LogP contribution is 2.44. The monoisotopic (exact) mass is 320 g/mol. The number of alkyl halides is 1. The molecule has 0 aliphatic carbocycles. The molecule has 2 aromatic carbocycles. The van der Waals surface area contributed by atoms with Crippen molar-refractivity contribution < 1.29 is 14.2 Å². The fourth-order valence-electron chi connectivity index (χ4n) is 1.98. The minimum absolute atomic E-state index is 0.253. The molecule has 0 spiro atoms. The van der Waals surface area contributed by atoms with Gasteiger partial charge in [-0.05, 0) is 11.6 Å². The molecule has 0 radical (unpaired) electrons. The molecule has 0 atom stereocenters. The van der Waals surface area contributed by atoms with E-state index in [2.05, 4.69) is 15.9 Å². The number of rotatable bonds is 4. The molecular weight excluding hydrogens is 308 g/mol. The molecule has 0 aromatic heterocycles. The second-order valence-electron chi connectivity index (χ2n) is 4.20. The zero-order valence-corrected chi connectivity index (χ0v) is 11.9. The Kier molecular flexibility index (Phi) is 3.60. The van der Waals surface area contributed by atoms with Gasteiger partial charge < -0.3 is 14.2 Å². The third kappa shape index (κ3) is 2.54. The first-order valence-corrected chi connectivity index (χ1v) is 7.15. The molecule has 19 heavy (non-hydrogen) atoms. The van der Waals surface area contributed by atoms with E-state index < -0.39 is 0 Å². The number of fused-ring (bicyclic) bond motifs is 1. The van der Waals surface area contributed by atoms with Crippen molar-refractivity contribution >= 4 is 15.9 Å². The van der Waals surface area contributed by atoms with Crippen LogP contribution in [-0.2, 0) is 11.9 Å². The molecule has 1 aliphatic rings. The summed E-state index contributed by atoms with van der Waals surface area (Å²) in [5.41, 5.74) is 2.18. The van der Waals surface area contributed by atoms with Crippen LogP contribution < -0.4 is 14.2 Å². The highest BCUT2D eigenvalue weighted by Gasteiger charge is 2.21. The lowest BCUT2D eigenvalue weighted by Gasteiger charge is -2.12. The fourth-order valence-corrected chi connectivity index (χ4v) is 2.42. The van der Waals surface area contributed by atoms with Gasteiger partial charge in [-0.25, -0.2) is 0 Å². The topological polar surface area (TPSA) is 27.7 Å². The zero-order chi connectivity index (χ0) is 13.1. The van der Waals surface area contributed by atoms with E-state index in [9.17, 15) is 0 Å². The standard InChI is InChI=1S/C15H13BrO3/c16-8-12-6-7-13-15(19-10-18-13)14(12)17-9-11-4-2-1-3-5-11/h1-7H,8-10H2. The molecule has 1 aliphatic heterocycles. The van der Waals surface area contributed by atoms with Gasteiger partial charge in [-0.3, -0.25) is 0 Å². The van der Waals surface area contributed by atoms with E-state index in [0.29, 0.717) is 17.7 Å². The molecule has 0 amide bonds. The van der Waals surface area contributed by atoms with Crippen molar-refractivity contribution in [2.75, 3.05) is 6.79 Å². The second-order valence-corrected chi connectivity index (χ2v) is 4.76. The summed E-state index contributed by atoms with van der Waals surface area (Å²) in [5.74, 6) is 2.20. The SMILES string of the molecule is BrCc1ccc2c(c1OCc1ccccc1)OCO2. The first kappa shape index (κ1) is 12.4. The number of halogens is 1. The minimum atomic E-state index is 0.253. The lowest BCUT2D eigenvalue weighted by molar-refractivity contribution is 0.169. The molecule has 0 saturated carbocycles. The average Bonchev–Trinajstić information content (AvgIpc) is 2.94. The fraction of sp³-hybridized carbons (Fsp3) is 0.200. The molecule has 0 fully saturated rings. The Morgan fingerprint density at radius 3 is 2.68 bits per heavy atom. The second kappa shape index (κ2) is 5.53. The van der Waals surface area contributed by atoms with Gasteiger partial charge in [0.05, 0.1) is 0 Å². The maximum absolute atomic E-state index is 5.92. The van der Waals surface area contributed by atoms with Crippen molar-refractivity contribution in [2.45, 2.75) is 11.9 Å². The lowest BCUT2D eigenvalue weighted by atomic mass is 10.2. The van der Waals surface area contributed by atoms with E-state index in [1.165, 1.54) is 0 Å². The Bertz CT molecular complexity index is 569. The van der Waals surface area contributed by atoms with Crippen molar-refractivity contribution in [1.29, 1.82) is 0 Å². The molecule has 3 rings (SSSR count). The first-order valence-electron chi connectivity index (χ1n) is 6.02. The summed E-state index contributed by atoms with van der Waals surface area (Å²) < 4.78 is 16.8. The molecule has 4 heteroatoms. The predicted octanol–water partition coefficient (Wildman–Crippen LogP) is 3.89. The summed E-state index contributed by atoms with van der Waals surface area (Å²) in [7, 11) is 0. The normalized spacial score (nSPS) is 12.5. The van der Waals surface area contributed by atoms with Gasteiger partial charge in [-0.1, -0.05) is 52.3 Å². The highest BCUT2D eigenvalue weighted by molar-refractivity contribution is 9.08. The molecule has 0 N–H and O–H groups in total. The molecule has 98 valence electrons. The van der Waals surface area contributed by atoms with Gasteiger partial charge in [-0.15, -0.1) is 0 Å². The van der Waals surface area contributed by atoms with E-state index in [0.717, 1.165) is 22.6 Å². The highest BCUT2D eigenvalue weighted by atomic mass is 79.9. The third-order valence-corrected chi connectivity index (χ3v) is 3.55. The van der Waals surface area contributed by atoms with Crippen LogP contribution in [0.1, 0.15) is 11.1 Å². The Morgan fingerprint density at radius 2 is 1.89 bits per heavy atom. The van der Waals surface area contributed by atoms with Gasteiger partial charge in [0.25, 0.3) is 0 Å². The Hall–Kier alpha value is -1.68. The van der Waals surface area contributed by atoms with Crippen molar-refractivity contribution in [2.24, 2.45) is 0 Å². The van der Waals surface area contributed by atoms with Crippen molar-refractivity contribution in [3.05, 3.63) is 53.6 Å². The van der Waals surface area contributed by atoms with Crippen LogP contribution in [0.5, 0.6) is 17.2 Å². The zero-order valence-electron chi connectivity index (χ0n) is 10.3. The Morgan fingerprint density at radius 1 is 1.05 bits per heavy atom. The Labute approximate surface area is 120 Å². The number of benzene rings is 2. The molecule has 0 unspecified atom stereocenters. The lowest BCUT2D eigenvalue weighted by Crippen LogP contribution is -1.99. The largest absolute Gasteiger partial charge is 0.485 e. The number of ether oxygens (including phenoxy) is 3. The van der Waals surface area contributed by atoms with Crippen LogP contribution in [-0.4, -0.2) is 6.79 Å². The summed E-state index contributed by atoms with van der Waals surface area (Å²) in [6, 6.07) is 14.0. The van der Waals surface area contributed by atoms with Gasteiger partial charge in [0.1, 0.15) is 6.61 Å². The number of hydrogen-bond donors (Lipinski definition) is 0. The number of hydrogen-bond acceptors (Lipinski definition) is 3. The van der Waals surface area contributed by atoms with Gasteiger partial charge >= 0.3 is 0 Å². The van der Waals surface area contributed by atoms with Gasteiger partial charge in [0, 0.05) is 10.9 Å². The van der Waals surface area contributed by atoms with Gasteiger partial charge in [0.2, 0.25) is 12.5 Å². The third-order valence-electron chi connectivity index (χ3n) is 2.95. The quantitative estimate of drug-likeness (QED) is 0.800. The van der Waals surface area contributed by atoms with Crippen LogP contribution >= 0.6 is 15.9 Å². The minimum Gasteiger partial charge on any atom is -0.485 e. The van der Waals surface area contributed by atoms with Crippen LogP contribution in [0.3, 0.4) is 0 Å². The van der Waals surface area contributed by atoms with Crippen LogP contribution in [0.4, 0.5) is 0 Å². The van der Waals surface area contributed by atoms with Crippen LogP contribution in [0.2, 0.25) is 0 Å². The predicted molar refractivity (Wildman–Crippen MR) is 76.0 cm³/mol. The molecule has 3 nitrogen and oxygen atoms in total. The van der Waals surface area contributed by atoms with E-state index in [1.807, 2.05) is 42.5 Å². The van der Waals surface area contributed by atoms with Crippen molar-refractivity contribution in [1.82, 2.24) is 0 Å². The van der Waals surface area contributed by atoms with Gasteiger partial charge in [-0.2, -0.15) is 0 Å². The summed E-state index contributed by atoms with van der Waals surface area (Å²) in [5, 5.41) is 0.716.